The molecule has 0 atom stereocenters. The van der Waals surface area contributed by atoms with E-state index in [0.29, 0.717) is 6.54 Å². The Morgan fingerprint density at radius 2 is 2.04 bits per heavy atom. The van der Waals surface area contributed by atoms with E-state index in [4.69, 9.17) is 0 Å². The van der Waals surface area contributed by atoms with Crippen molar-refractivity contribution in [2.75, 3.05) is 0 Å². The van der Waals surface area contributed by atoms with Gasteiger partial charge in [0, 0.05) is 11.9 Å². The first-order valence-electron chi connectivity index (χ1n) is 7.52. The van der Waals surface area contributed by atoms with Gasteiger partial charge in [0.25, 0.3) is 5.82 Å². The minimum atomic E-state index is -0.753. The minimum Gasteiger partial charge on any atom is -0.493 e. The number of nitrogens with one attached hydrogen (secondary N) is 2. The lowest BCUT2D eigenvalue weighted by Gasteiger charge is -2.05. The molecular weight excluding hydrogens is 312 g/mol. The van der Waals surface area contributed by atoms with E-state index in [0.717, 1.165) is 23.7 Å². The second kappa shape index (κ2) is 6.49. The third kappa shape index (κ3) is 2.83. The molecule has 9 nitrogen and oxygen atoms in total. The average Bonchev–Trinajstić information content (AvgIpc) is 2.84. The Balaban J connectivity index is 2.09. The number of aryl methyl sites for hydroxylation is 1. The smallest absolute Gasteiger partial charge is 0.342 e. The number of aromatic amines is 2. The van der Waals surface area contributed by atoms with Gasteiger partial charge < -0.3 is 9.67 Å². The van der Waals surface area contributed by atoms with Crippen LogP contribution in [0.15, 0.2) is 44.1 Å². The van der Waals surface area contributed by atoms with Gasteiger partial charge in [0.2, 0.25) is 5.88 Å². The summed E-state index contributed by atoms with van der Waals surface area (Å²) in [6.45, 7) is 2.72. The van der Waals surface area contributed by atoms with E-state index in [9.17, 15) is 14.7 Å². The predicted molar refractivity (Wildman–Crippen MR) is 88.2 cm³/mol. The number of unbranched alkanes of at least 4 members (excludes halogenated alkanes) is 1. The Labute approximate surface area is 135 Å². The number of aromatic nitrogens is 4. The van der Waals surface area contributed by atoms with Crippen LogP contribution < -0.4 is 11.2 Å². The first-order valence-corrected chi connectivity index (χ1v) is 7.52. The maximum atomic E-state index is 11.6. The maximum Gasteiger partial charge on any atom is 0.342 e. The minimum absolute atomic E-state index is 0.0192. The lowest BCUT2D eigenvalue weighted by molar-refractivity contribution is 0.418. The van der Waals surface area contributed by atoms with Crippen molar-refractivity contribution in [2.24, 2.45) is 10.2 Å². The van der Waals surface area contributed by atoms with Crippen LogP contribution in [0.1, 0.15) is 19.8 Å². The number of aromatic hydroxyl groups is 1. The molecule has 0 unspecified atom stereocenters. The van der Waals surface area contributed by atoms with Gasteiger partial charge in [-0.05, 0) is 12.5 Å². The molecule has 1 aromatic carbocycles. The summed E-state index contributed by atoms with van der Waals surface area (Å²) in [4.78, 5) is 24.6. The topological polar surface area (TPSA) is 128 Å². The highest BCUT2D eigenvalue weighted by Gasteiger charge is 2.16. The zero-order chi connectivity index (χ0) is 17.1. The van der Waals surface area contributed by atoms with E-state index < -0.39 is 11.2 Å². The number of hydrogen-bond donors (Lipinski definition) is 3. The molecule has 0 saturated carbocycles. The number of H-pyrrole nitrogens is 2. The van der Waals surface area contributed by atoms with Crippen LogP contribution in [0, 0.1) is 0 Å². The van der Waals surface area contributed by atoms with E-state index >= 15 is 0 Å². The molecule has 0 aliphatic carbocycles. The quantitative estimate of drug-likeness (QED) is 0.621. The highest BCUT2D eigenvalue weighted by Crippen LogP contribution is 2.39. The molecule has 24 heavy (non-hydrogen) atoms. The van der Waals surface area contributed by atoms with Crippen molar-refractivity contribution in [1.82, 2.24) is 19.7 Å². The van der Waals surface area contributed by atoms with E-state index in [2.05, 4.69) is 27.3 Å². The molecule has 0 amide bonds. The van der Waals surface area contributed by atoms with Crippen molar-refractivity contribution in [2.45, 2.75) is 26.3 Å². The zero-order valence-corrected chi connectivity index (χ0v) is 13.0. The predicted octanol–water partition coefficient (Wildman–Crippen LogP) is 2.33. The number of benzene rings is 1. The second-order valence-corrected chi connectivity index (χ2v) is 5.23. The normalized spacial score (nSPS) is 11.5. The largest absolute Gasteiger partial charge is 0.493 e. The number of rotatable bonds is 5. The van der Waals surface area contributed by atoms with Crippen molar-refractivity contribution in [3.63, 3.8) is 0 Å². The molecule has 0 spiro atoms. The standard InChI is InChI=1S/C15H16N6O3/c1-2-3-8-21-10-7-5-4-6-9(10)11(14(21)23)17-18-12-13(22)16-15(24)20-19-12/h4-7,23H,2-3,8H2,1H3,(H2,16,20,22,24). The van der Waals surface area contributed by atoms with Crippen LogP contribution in [-0.2, 0) is 6.54 Å². The molecule has 3 rings (SSSR count). The lowest BCUT2D eigenvalue weighted by Crippen LogP contribution is -2.22. The number of azo groups is 1. The fourth-order valence-electron chi connectivity index (χ4n) is 2.42. The Morgan fingerprint density at radius 3 is 2.79 bits per heavy atom. The number of para-hydroxylation sites is 1. The summed E-state index contributed by atoms with van der Waals surface area (Å²) >= 11 is 0. The summed E-state index contributed by atoms with van der Waals surface area (Å²) < 4.78 is 1.76. The summed E-state index contributed by atoms with van der Waals surface area (Å²) in [5.41, 5.74) is -0.385. The molecule has 0 aliphatic rings. The molecule has 2 heterocycles. The lowest BCUT2D eigenvalue weighted by atomic mass is 10.2. The SMILES string of the molecule is CCCCn1c(O)c(N=Nc2n[nH]c(=O)[nH]c2=O)c2ccccc21. The average molecular weight is 328 g/mol. The molecule has 3 aromatic rings. The van der Waals surface area contributed by atoms with Gasteiger partial charge in [-0.25, -0.2) is 9.89 Å². The fraction of sp³-hybridized carbons (Fsp3) is 0.267. The van der Waals surface area contributed by atoms with Gasteiger partial charge in [-0.3, -0.25) is 9.78 Å². The molecular formula is C15H16N6O3. The van der Waals surface area contributed by atoms with Crippen LogP contribution in [0.4, 0.5) is 11.5 Å². The van der Waals surface area contributed by atoms with Gasteiger partial charge in [0.15, 0.2) is 5.69 Å². The summed E-state index contributed by atoms with van der Waals surface area (Å²) in [7, 11) is 0. The van der Waals surface area contributed by atoms with Crippen molar-refractivity contribution in [3.05, 3.63) is 45.1 Å². The van der Waals surface area contributed by atoms with E-state index in [1.807, 2.05) is 29.2 Å². The van der Waals surface area contributed by atoms with Crippen molar-refractivity contribution in [3.8, 4) is 5.88 Å². The first kappa shape index (κ1) is 15.7. The third-order valence-electron chi connectivity index (χ3n) is 3.59. The number of nitrogens with zero attached hydrogens (tertiary/aromatic N) is 4. The summed E-state index contributed by atoms with van der Waals surface area (Å²) in [6, 6.07) is 7.40. The number of hydrogen-bond acceptors (Lipinski definition) is 6. The molecule has 9 heteroatoms. The van der Waals surface area contributed by atoms with Gasteiger partial charge in [-0.1, -0.05) is 31.5 Å². The highest BCUT2D eigenvalue weighted by molar-refractivity contribution is 5.94. The molecule has 124 valence electrons. The van der Waals surface area contributed by atoms with Crippen LogP contribution in [0.25, 0.3) is 10.9 Å². The molecule has 0 bridgehead atoms. The van der Waals surface area contributed by atoms with Gasteiger partial charge in [0.05, 0.1) is 5.52 Å². The first-order chi connectivity index (χ1) is 11.6. The van der Waals surface area contributed by atoms with E-state index in [1.54, 1.807) is 4.57 Å². The fourth-order valence-corrected chi connectivity index (χ4v) is 2.42. The Kier molecular flexibility index (Phi) is 4.23. The second-order valence-electron chi connectivity index (χ2n) is 5.23. The van der Waals surface area contributed by atoms with E-state index in [1.165, 1.54) is 0 Å². The molecule has 0 radical (unpaired) electrons. The monoisotopic (exact) mass is 328 g/mol. The van der Waals surface area contributed by atoms with Crippen LogP contribution in [0.2, 0.25) is 0 Å². The molecule has 0 saturated heterocycles. The Hall–Kier alpha value is -3.23. The number of fused-ring (bicyclic) bond motifs is 1. The molecule has 0 fully saturated rings. The van der Waals surface area contributed by atoms with Crippen LogP contribution in [0.3, 0.4) is 0 Å². The summed E-state index contributed by atoms with van der Waals surface area (Å²) in [5, 5.41) is 24.5. The third-order valence-corrected chi connectivity index (χ3v) is 3.59. The Bertz CT molecular complexity index is 1010. The van der Waals surface area contributed by atoms with Crippen LogP contribution in [0.5, 0.6) is 5.88 Å². The summed E-state index contributed by atoms with van der Waals surface area (Å²) in [6.07, 6.45) is 1.89. The zero-order valence-electron chi connectivity index (χ0n) is 13.0. The van der Waals surface area contributed by atoms with Crippen LogP contribution >= 0.6 is 0 Å². The van der Waals surface area contributed by atoms with Crippen LogP contribution in [-0.4, -0.2) is 24.9 Å². The molecule has 2 aromatic heterocycles. The van der Waals surface area contributed by atoms with Crippen molar-refractivity contribution >= 4 is 22.4 Å². The summed E-state index contributed by atoms with van der Waals surface area (Å²) in [5.74, 6) is -0.311. The Morgan fingerprint density at radius 1 is 1.25 bits per heavy atom. The van der Waals surface area contributed by atoms with E-state index in [-0.39, 0.29) is 17.4 Å². The molecule has 3 N–H and O–H groups in total. The highest BCUT2D eigenvalue weighted by atomic mass is 16.3. The van der Waals surface area contributed by atoms with Gasteiger partial charge in [-0.15, -0.1) is 15.3 Å². The van der Waals surface area contributed by atoms with Gasteiger partial charge >= 0.3 is 11.2 Å². The van der Waals surface area contributed by atoms with Crippen molar-refractivity contribution < 1.29 is 5.11 Å². The van der Waals surface area contributed by atoms with Gasteiger partial charge in [0.1, 0.15) is 0 Å². The maximum absolute atomic E-state index is 11.6. The van der Waals surface area contributed by atoms with Gasteiger partial charge in [-0.2, -0.15) is 0 Å². The van der Waals surface area contributed by atoms with Crippen molar-refractivity contribution in [1.29, 1.82) is 0 Å². The molecule has 0 aliphatic heterocycles.